The summed E-state index contributed by atoms with van der Waals surface area (Å²) in [5.41, 5.74) is 8.05. The number of para-hydroxylation sites is 1. The van der Waals surface area contributed by atoms with Crippen LogP contribution in [0.1, 0.15) is 45.1 Å². The first-order valence-corrected chi connectivity index (χ1v) is 10.6. The van der Waals surface area contributed by atoms with Crippen LogP contribution in [0.3, 0.4) is 0 Å². The van der Waals surface area contributed by atoms with E-state index < -0.39 is 0 Å². The van der Waals surface area contributed by atoms with E-state index >= 15 is 0 Å². The van der Waals surface area contributed by atoms with E-state index in [1.54, 1.807) is 0 Å². The second-order valence-electron chi connectivity index (χ2n) is 8.46. The van der Waals surface area contributed by atoms with E-state index in [-0.39, 0.29) is 48.1 Å². The van der Waals surface area contributed by atoms with Gasteiger partial charge < -0.3 is 16.0 Å². The number of rotatable bonds is 5. The Hall–Kier alpha value is -1.34. The molecular formula is C22H36Cl2N4O2. The number of nitrogens with one attached hydrogen (secondary N) is 1. The van der Waals surface area contributed by atoms with E-state index in [0.29, 0.717) is 19.6 Å². The maximum Gasteiger partial charge on any atom is 0.238 e. The first-order valence-electron chi connectivity index (χ1n) is 10.6. The van der Waals surface area contributed by atoms with Crippen LogP contribution in [0.5, 0.6) is 0 Å². The maximum atomic E-state index is 13.0. The van der Waals surface area contributed by atoms with Crippen molar-refractivity contribution in [3.63, 3.8) is 0 Å². The van der Waals surface area contributed by atoms with Crippen molar-refractivity contribution in [1.29, 1.82) is 0 Å². The fourth-order valence-corrected chi connectivity index (χ4v) is 4.45. The summed E-state index contributed by atoms with van der Waals surface area (Å²) in [6.45, 7) is 7.25. The molecule has 30 heavy (non-hydrogen) atoms. The normalized spacial score (nSPS) is 24.4. The fourth-order valence-electron chi connectivity index (χ4n) is 4.45. The van der Waals surface area contributed by atoms with Gasteiger partial charge in [-0.25, -0.2) is 0 Å². The van der Waals surface area contributed by atoms with Crippen molar-refractivity contribution in [2.75, 3.05) is 38.0 Å². The first kappa shape index (κ1) is 26.7. The Morgan fingerprint density at radius 3 is 2.43 bits per heavy atom. The predicted molar refractivity (Wildman–Crippen MR) is 127 cm³/mol. The standard InChI is InChI=1S/C22H34N4O2.2ClH/c1-3-17-8-4-5-10-19(17)24-20(27)16-25-12-14-26(15-13-25)21(28)18-9-6-7-11-22(18,2)23;;/h4-5,8,10,18H,3,6-7,9,11-16,23H2,1-2H3,(H,24,27);2*1H. The molecule has 0 bridgehead atoms. The van der Waals surface area contributed by atoms with Crippen LogP contribution in [0.15, 0.2) is 24.3 Å². The van der Waals surface area contributed by atoms with Gasteiger partial charge in [-0.15, -0.1) is 24.8 Å². The first-order chi connectivity index (χ1) is 13.4. The van der Waals surface area contributed by atoms with E-state index in [9.17, 15) is 9.59 Å². The molecule has 2 aliphatic rings. The molecule has 2 unspecified atom stereocenters. The van der Waals surface area contributed by atoms with Gasteiger partial charge in [0, 0.05) is 37.4 Å². The number of aryl methyl sites for hydroxylation is 1. The summed E-state index contributed by atoms with van der Waals surface area (Å²) in [6, 6.07) is 7.91. The van der Waals surface area contributed by atoms with Crippen LogP contribution >= 0.6 is 24.8 Å². The van der Waals surface area contributed by atoms with Crippen molar-refractivity contribution in [2.45, 2.75) is 51.5 Å². The fraction of sp³-hybridized carbons (Fsp3) is 0.636. The highest BCUT2D eigenvalue weighted by Gasteiger charge is 2.40. The van der Waals surface area contributed by atoms with Crippen LogP contribution in [0.2, 0.25) is 0 Å². The van der Waals surface area contributed by atoms with Gasteiger partial charge in [0.15, 0.2) is 0 Å². The largest absolute Gasteiger partial charge is 0.340 e. The summed E-state index contributed by atoms with van der Waals surface area (Å²) >= 11 is 0. The summed E-state index contributed by atoms with van der Waals surface area (Å²) in [4.78, 5) is 29.5. The number of carbonyl (C=O) groups excluding carboxylic acids is 2. The lowest BCUT2D eigenvalue weighted by atomic mass is 9.74. The lowest BCUT2D eigenvalue weighted by Gasteiger charge is -2.42. The van der Waals surface area contributed by atoms with Gasteiger partial charge in [-0.1, -0.05) is 38.0 Å². The van der Waals surface area contributed by atoms with Crippen LogP contribution in [0.25, 0.3) is 0 Å². The van der Waals surface area contributed by atoms with Gasteiger partial charge in [0.25, 0.3) is 0 Å². The zero-order valence-corrected chi connectivity index (χ0v) is 19.7. The van der Waals surface area contributed by atoms with Crippen molar-refractivity contribution in [1.82, 2.24) is 9.80 Å². The Morgan fingerprint density at radius 2 is 1.80 bits per heavy atom. The molecule has 8 heteroatoms. The molecule has 0 aromatic heterocycles. The van der Waals surface area contributed by atoms with Crippen molar-refractivity contribution < 1.29 is 9.59 Å². The Labute approximate surface area is 192 Å². The number of nitrogens with zero attached hydrogens (tertiary/aromatic N) is 2. The molecule has 170 valence electrons. The van der Waals surface area contributed by atoms with Crippen molar-refractivity contribution in [3.05, 3.63) is 29.8 Å². The Kier molecular flexibility index (Phi) is 10.6. The molecule has 1 aromatic rings. The predicted octanol–water partition coefficient (Wildman–Crippen LogP) is 3.08. The molecular weight excluding hydrogens is 423 g/mol. The Bertz CT molecular complexity index is 706. The summed E-state index contributed by atoms with van der Waals surface area (Å²) in [5.74, 6) is 0.134. The van der Waals surface area contributed by atoms with E-state index in [1.807, 2.05) is 36.1 Å². The number of amides is 2. The van der Waals surface area contributed by atoms with Gasteiger partial charge >= 0.3 is 0 Å². The van der Waals surface area contributed by atoms with E-state index in [0.717, 1.165) is 56.4 Å². The molecule has 1 saturated heterocycles. The summed E-state index contributed by atoms with van der Waals surface area (Å²) < 4.78 is 0. The number of piperazine rings is 1. The molecule has 1 aliphatic heterocycles. The van der Waals surface area contributed by atoms with Gasteiger partial charge in [-0.3, -0.25) is 14.5 Å². The monoisotopic (exact) mass is 458 g/mol. The van der Waals surface area contributed by atoms with E-state index in [4.69, 9.17) is 5.73 Å². The van der Waals surface area contributed by atoms with Crippen LogP contribution in [0.4, 0.5) is 5.69 Å². The third kappa shape index (κ3) is 6.58. The Morgan fingerprint density at radius 1 is 1.13 bits per heavy atom. The molecule has 1 aliphatic carbocycles. The minimum atomic E-state index is -0.390. The van der Waals surface area contributed by atoms with Gasteiger partial charge in [-0.05, 0) is 37.8 Å². The molecule has 1 aromatic carbocycles. The zero-order chi connectivity index (χ0) is 20.1. The number of anilines is 1. The number of carbonyl (C=O) groups is 2. The second kappa shape index (κ2) is 11.9. The molecule has 3 rings (SSSR count). The van der Waals surface area contributed by atoms with Crippen molar-refractivity contribution >= 4 is 42.3 Å². The lowest BCUT2D eigenvalue weighted by molar-refractivity contribution is -0.140. The lowest BCUT2D eigenvalue weighted by Crippen LogP contribution is -2.57. The van der Waals surface area contributed by atoms with Gasteiger partial charge in [-0.2, -0.15) is 0 Å². The third-order valence-electron chi connectivity index (χ3n) is 6.28. The minimum absolute atomic E-state index is 0. The zero-order valence-electron chi connectivity index (χ0n) is 18.1. The third-order valence-corrected chi connectivity index (χ3v) is 6.28. The molecule has 1 heterocycles. The number of hydrogen-bond acceptors (Lipinski definition) is 4. The summed E-state index contributed by atoms with van der Waals surface area (Å²) in [5, 5.41) is 3.03. The van der Waals surface area contributed by atoms with Crippen LogP contribution in [-0.2, 0) is 16.0 Å². The maximum absolute atomic E-state index is 13.0. The van der Waals surface area contributed by atoms with Gasteiger partial charge in [0.1, 0.15) is 0 Å². The van der Waals surface area contributed by atoms with Gasteiger partial charge in [0.2, 0.25) is 11.8 Å². The van der Waals surface area contributed by atoms with E-state index in [2.05, 4.69) is 17.1 Å². The van der Waals surface area contributed by atoms with Crippen molar-refractivity contribution in [3.8, 4) is 0 Å². The molecule has 2 fully saturated rings. The SMILES string of the molecule is CCc1ccccc1NC(=O)CN1CCN(C(=O)C2CCCCC2(C)N)CC1.Cl.Cl. The van der Waals surface area contributed by atoms with E-state index in [1.165, 1.54) is 0 Å². The second-order valence-corrected chi connectivity index (χ2v) is 8.46. The highest BCUT2D eigenvalue weighted by molar-refractivity contribution is 5.93. The molecule has 3 N–H and O–H groups in total. The number of hydrogen-bond donors (Lipinski definition) is 2. The number of nitrogens with two attached hydrogens (primary N) is 1. The van der Waals surface area contributed by atoms with Crippen LogP contribution in [0, 0.1) is 5.92 Å². The summed E-state index contributed by atoms with van der Waals surface area (Å²) in [6.07, 6.45) is 4.90. The summed E-state index contributed by atoms with van der Waals surface area (Å²) in [7, 11) is 0. The van der Waals surface area contributed by atoms with Crippen molar-refractivity contribution in [2.24, 2.45) is 11.7 Å². The average Bonchev–Trinajstić information content (AvgIpc) is 2.68. The highest BCUT2D eigenvalue weighted by atomic mass is 35.5. The molecule has 6 nitrogen and oxygen atoms in total. The quantitative estimate of drug-likeness (QED) is 0.710. The molecule has 0 spiro atoms. The minimum Gasteiger partial charge on any atom is -0.340 e. The highest BCUT2D eigenvalue weighted by Crippen LogP contribution is 2.33. The average molecular weight is 459 g/mol. The van der Waals surface area contributed by atoms with Gasteiger partial charge in [0.05, 0.1) is 12.5 Å². The topological polar surface area (TPSA) is 78.7 Å². The molecule has 2 amide bonds. The molecule has 2 atom stereocenters. The Balaban J connectivity index is 0.00000225. The van der Waals surface area contributed by atoms with Crippen LogP contribution < -0.4 is 11.1 Å². The number of halogens is 2. The van der Waals surface area contributed by atoms with Crippen LogP contribution in [-0.4, -0.2) is 59.9 Å². The molecule has 0 radical (unpaired) electrons. The number of benzene rings is 1. The smallest absolute Gasteiger partial charge is 0.238 e. The molecule has 1 saturated carbocycles.